The SMILES string of the molecule is O=C(OS(=O)(=O)S)OS(=O)(=O)S.[CaH2].[CaH2]. The number of carbonyl (C=O) groups is 1. The summed E-state index contributed by atoms with van der Waals surface area (Å²) in [5.74, 6) is 0. The third-order valence-electron chi connectivity index (χ3n) is 0.347. The van der Waals surface area contributed by atoms with Crippen LogP contribution in [-0.4, -0.2) is 98.5 Å². The second kappa shape index (κ2) is 8.48. The van der Waals surface area contributed by atoms with Gasteiger partial charge >= 0.3 is 99.9 Å². The molecular weight excluding hydrogens is 332 g/mol. The van der Waals surface area contributed by atoms with Crippen LogP contribution in [0.5, 0.6) is 0 Å². The summed E-state index contributed by atoms with van der Waals surface area (Å²) in [5, 5.41) is 0. The maximum absolute atomic E-state index is 10.2. The van der Waals surface area contributed by atoms with E-state index in [1.54, 1.807) is 0 Å². The average molecular weight is 338 g/mol. The summed E-state index contributed by atoms with van der Waals surface area (Å²) in [4.78, 5) is 10.2. The van der Waals surface area contributed by atoms with Crippen LogP contribution >= 0.6 is 23.3 Å². The Morgan fingerprint density at radius 3 is 1.21 bits per heavy atom. The average Bonchev–Trinajstić information content (AvgIpc) is 1.49. The van der Waals surface area contributed by atoms with Crippen LogP contribution < -0.4 is 0 Å². The maximum atomic E-state index is 10.2. The second-order valence-electron chi connectivity index (χ2n) is 1.27. The van der Waals surface area contributed by atoms with Gasteiger partial charge in [-0.2, -0.15) is 16.8 Å². The number of hydrogen-bond acceptors (Lipinski definition) is 7. The van der Waals surface area contributed by atoms with Gasteiger partial charge in [0.2, 0.25) is 0 Å². The summed E-state index contributed by atoms with van der Waals surface area (Å²) in [6, 6.07) is 0. The molecule has 0 unspecified atom stereocenters. The zero-order valence-electron chi connectivity index (χ0n) is 5.07. The van der Waals surface area contributed by atoms with E-state index in [4.69, 9.17) is 0 Å². The van der Waals surface area contributed by atoms with Crippen LogP contribution in [0.2, 0.25) is 0 Å². The van der Waals surface area contributed by atoms with E-state index in [2.05, 4.69) is 31.7 Å². The molecule has 0 saturated carbocycles. The van der Waals surface area contributed by atoms with Gasteiger partial charge in [-0.05, 0) is 23.3 Å². The van der Waals surface area contributed by atoms with E-state index in [-0.39, 0.29) is 75.5 Å². The van der Waals surface area contributed by atoms with Crippen LogP contribution in [0, 0.1) is 0 Å². The number of rotatable bonds is 2. The van der Waals surface area contributed by atoms with E-state index < -0.39 is 24.5 Å². The predicted molar refractivity (Wildman–Crippen MR) is 60.5 cm³/mol. The van der Waals surface area contributed by atoms with Gasteiger partial charge in [0.1, 0.15) is 0 Å². The number of thiol groups is 2. The molecule has 0 aliphatic heterocycles. The quantitative estimate of drug-likeness (QED) is 0.330. The Bertz CT molecular complexity index is 330. The molecule has 0 fully saturated rings. The minimum absolute atomic E-state index is 0. The molecule has 0 atom stereocenters. The second-order valence-corrected chi connectivity index (χ2v) is 6.00. The van der Waals surface area contributed by atoms with Crippen molar-refractivity contribution in [2.24, 2.45) is 0 Å². The zero-order chi connectivity index (χ0) is 9.99. The molecule has 0 bridgehead atoms. The van der Waals surface area contributed by atoms with Gasteiger partial charge in [-0.3, -0.25) is 0 Å². The molecule has 0 aromatic rings. The van der Waals surface area contributed by atoms with Crippen LogP contribution in [0.3, 0.4) is 0 Å². The third-order valence-corrected chi connectivity index (χ3v) is 1.49. The summed E-state index contributed by atoms with van der Waals surface area (Å²) in [6.45, 7) is 0. The topological polar surface area (TPSA) is 104 Å². The van der Waals surface area contributed by atoms with E-state index >= 15 is 0 Å². The zero-order valence-corrected chi connectivity index (χ0v) is 8.49. The first-order valence-corrected chi connectivity index (χ1v) is 6.90. The minimum atomic E-state index is -4.37. The molecule has 0 spiro atoms. The van der Waals surface area contributed by atoms with Crippen molar-refractivity contribution in [2.75, 3.05) is 0 Å². The summed E-state index contributed by atoms with van der Waals surface area (Å²) in [6.07, 6.45) is -1.94. The van der Waals surface area contributed by atoms with E-state index in [0.717, 1.165) is 0 Å². The molecular formula is CH6Ca2O7S4. The number of carbonyl (C=O) groups excluding carboxylic acids is 1. The Balaban J connectivity index is -0.000000605. The van der Waals surface area contributed by atoms with Crippen LogP contribution in [0.25, 0.3) is 0 Å². The van der Waals surface area contributed by atoms with Crippen LogP contribution in [0.15, 0.2) is 0 Å². The van der Waals surface area contributed by atoms with Crippen LogP contribution in [-0.2, 0) is 26.7 Å². The van der Waals surface area contributed by atoms with Crippen molar-refractivity contribution >= 4 is 123 Å². The van der Waals surface area contributed by atoms with Crippen molar-refractivity contribution in [1.82, 2.24) is 0 Å². The number of hydrogen-bond donors (Lipinski definition) is 2. The fourth-order valence-electron chi connectivity index (χ4n) is 0.186. The van der Waals surface area contributed by atoms with E-state index in [1.807, 2.05) is 0 Å². The molecule has 0 heterocycles. The first-order chi connectivity index (χ1) is 5.10. The molecule has 0 aromatic heterocycles. The van der Waals surface area contributed by atoms with E-state index in [0.29, 0.717) is 0 Å². The molecule has 80 valence electrons. The molecule has 0 amide bonds. The molecule has 0 aliphatic rings. The van der Waals surface area contributed by atoms with Gasteiger partial charge < -0.3 is 8.37 Å². The van der Waals surface area contributed by atoms with Crippen molar-refractivity contribution in [2.45, 2.75) is 0 Å². The van der Waals surface area contributed by atoms with Crippen LogP contribution in [0.4, 0.5) is 4.79 Å². The fourth-order valence-corrected chi connectivity index (χ4v) is 1.01. The van der Waals surface area contributed by atoms with Crippen molar-refractivity contribution in [1.29, 1.82) is 0 Å². The van der Waals surface area contributed by atoms with Gasteiger partial charge in [0.15, 0.2) is 0 Å². The molecule has 0 aliphatic carbocycles. The molecule has 13 heteroatoms. The Labute approximate surface area is 150 Å². The van der Waals surface area contributed by atoms with E-state index in [1.165, 1.54) is 0 Å². The van der Waals surface area contributed by atoms with Crippen LogP contribution in [0.1, 0.15) is 0 Å². The van der Waals surface area contributed by atoms with Gasteiger partial charge in [0, 0.05) is 0 Å². The van der Waals surface area contributed by atoms with Gasteiger partial charge in [-0.1, -0.05) is 0 Å². The summed E-state index contributed by atoms with van der Waals surface area (Å²) >= 11 is 5.55. The van der Waals surface area contributed by atoms with Gasteiger partial charge in [-0.15, -0.1) is 0 Å². The Hall–Kier alpha value is 2.39. The Kier molecular flexibility index (Phi) is 13.1. The summed E-state index contributed by atoms with van der Waals surface area (Å²) in [7, 11) is -8.75. The molecule has 0 aromatic carbocycles. The summed E-state index contributed by atoms with van der Waals surface area (Å²) in [5.41, 5.74) is 0. The van der Waals surface area contributed by atoms with Gasteiger partial charge in [0.05, 0.1) is 0 Å². The van der Waals surface area contributed by atoms with Crippen molar-refractivity contribution in [3.63, 3.8) is 0 Å². The normalized spacial score (nSPS) is 10.4. The molecule has 0 N–H and O–H groups in total. The monoisotopic (exact) mass is 338 g/mol. The molecule has 7 nitrogen and oxygen atoms in total. The first-order valence-electron chi connectivity index (χ1n) is 1.98. The molecule has 0 saturated heterocycles. The molecule has 0 radical (unpaired) electrons. The van der Waals surface area contributed by atoms with E-state index in [9.17, 15) is 21.6 Å². The standard InChI is InChI=1S/CH2O7S4.2Ca.4H/c2-1(7-11(3,4)9)8-12(5,6)10;;;;;;/h(H,3,4,9)(H,5,6,10);;;;;;. The summed E-state index contributed by atoms with van der Waals surface area (Å²) < 4.78 is 46.9. The van der Waals surface area contributed by atoms with Crippen molar-refractivity contribution in [3.8, 4) is 0 Å². The Morgan fingerprint density at radius 1 is 0.857 bits per heavy atom. The van der Waals surface area contributed by atoms with Gasteiger partial charge in [0.25, 0.3) is 0 Å². The predicted octanol–water partition coefficient (Wildman–Crippen LogP) is -2.34. The molecule has 0 rings (SSSR count). The third kappa shape index (κ3) is 16.8. The first kappa shape index (κ1) is 21.7. The fraction of sp³-hybridized carbons (Fsp3) is 0. The van der Waals surface area contributed by atoms with Crippen molar-refractivity contribution in [3.05, 3.63) is 0 Å². The Morgan fingerprint density at radius 2 is 1.07 bits per heavy atom. The van der Waals surface area contributed by atoms with Gasteiger partial charge in [-0.25, -0.2) is 4.79 Å². The molecule has 14 heavy (non-hydrogen) atoms. The van der Waals surface area contributed by atoms with Crippen molar-refractivity contribution < 1.29 is 30.0 Å².